The van der Waals surface area contributed by atoms with Gasteiger partial charge in [-0.25, -0.2) is 13.4 Å². The van der Waals surface area contributed by atoms with Crippen molar-refractivity contribution in [3.05, 3.63) is 72.2 Å². The van der Waals surface area contributed by atoms with E-state index in [-0.39, 0.29) is 17.9 Å². The van der Waals surface area contributed by atoms with Crippen LogP contribution in [0.2, 0.25) is 0 Å². The molecule has 0 radical (unpaired) electrons. The fraction of sp³-hybridized carbons (Fsp3) is 0.360. The lowest BCUT2D eigenvalue weighted by molar-refractivity contribution is -0.127. The van der Waals surface area contributed by atoms with E-state index < -0.39 is 10.0 Å². The van der Waals surface area contributed by atoms with Gasteiger partial charge in [-0.1, -0.05) is 55.0 Å². The number of carbonyl (C=O) groups is 1. The molecular formula is C25H30N4O3S. The number of amides is 1. The SMILES string of the molecule is CCC(NC(=O)C1CCN(S(=O)(=O)c2ccc(C)cc2)CC1)c1ncc(-c2ccccc2)[nH]1. The molecule has 2 N–H and O–H groups in total. The molecule has 33 heavy (non-hydrogen) atoms. The van der Waals surface area contributed by atoms with Gasteiger partial charge in [-0.05, 0) is 43.9 Å². The molecule has 8 heteroatoms. The summed E-state index contributed by atoms with van der Waals surface area (Å²) >= 11 is 0. The molecule has 0 bridgehead atoms. The summed E-state index contributed by atoms with van der Waals surface area (Å²) in [5.74, 6) is 0.461. The Balaban J connectivity index is 1.36. The van der Waals surface area contributed by atoms with Crippen LogP contribution in [0.1, 0.15) is 43.6 Å². The van der Waals surface area contributed by atoms with E-state index in [0.29, 0.717) is 37.2 Å². The van der Waals surface area contributed by atoms with Crippen molar-refractivity contribution in [2.24, 2.45) is 5.92 Å². The van der Waals surface area contributed by atoms with Crippen molar-refractivity contribution >= 4 is 15.9 Å². The Hall–Kier alpha value is -2.97. The van der Waals surface area contributed by atoms with Gasteiger partial charge in [0.25, 0.3) is 0 Å². The molecule has 1 aliphatic heterocycles. The second kappa shape index (κ2) is 9.89. The number of hydrogen-bond acceptors (Lipinski definition) is 4. The average Bonchev–Trinajstić information content (AvgIpc) is 3.33. The van der Waals surface area contributed by atoms with Gasteiger partial charge in [0.05, 0.1) is 22.8 Å². The molecule has 2 heterocycles. The number of hydrogen-bond donors (Lipinski definition) is 2. The van der Waals surface area contributed by atoms with Crippen LogP contribution >= 0.6 is 0 Å². The van der Waals surface area contributed by atoms with Gasteiger partial charge in [0.2, 0.25) is 15.9 Å². The van der Waals surface area contributed by atoms with Gasteiger partial charge < -0.3 is 10.3 Å². The number of aromatic amines is 1. The van der Waals surface area contributed by atoms with Crippen LogP contribution in [0.25, 0.3) is 11.3 Å². The van der Waals surface area contributed by atoms with E-state index in [0.717, 1.165) is 22.6 Å². The first-order valence-corrected chi connectivity index (χ1v) is 12.8. The van der Waals surface area contributed by atoms with Crippen LogP contribution in [0.15, 0.2) is 65.7 Å². The number of rotatable bonds is 7. The molecule has 0 spiro atoms. The first-order chi connectivity index (χ1) is 15.9. The highest BCUT2D eigenvalue weighted by atomic mass is 32.2. The zero-order chi connectivity index (χ0) is 23.4. The molecule has 1 amide bonds. The zero-order valence-electron chi connectivity index (χ0n) is 19.0. The highest BCUT2D eigenvalue weighted by Crippen LogP contribution is 2.26. The minimum absolute atomic E-state index is 0.0492. The smallest absolute Gasteiger partial charge is 0.243 e. The second-order valence-corrected chi connectivity index (χ2v) is 10.4. The van der Waals surface area contributed by atoms with Gasteiger partial charge in [0.1, 0.15) is 5.82 Å². The molecule has 0 aliphatic carbocycles. The zero-order valence-corrected chi connectivity index (χ0v) is 19.8. The van der Waals surface area contributed by atoms with Gasteiger partial charge in [0.15, 0.2) is 0 Å². The Morgan fingerprint density at radius 1 is 1.12 bits per heavy atom. The van der Waals surface area contributed by atoms with Crippen LogP contribution in [-0.2, 0) is 14.8 Å². The maximum atomic E-state index is 13.0. The highest BCUT2D eigenvalue weighted by molar-refractivity contribution is 7.89. The number of H-pyrrole nitrogens is 1. The van der Waals surface area contributed by atoms with E-state index in [9.17, 15) is 13.2 Å². The molecular weight excluding hydrogens is 436 g/mol. The maximum Gasteiger partial charge on any atom is 0.243 e. The van der Waals surface area contributed by atoms with Crippen LogP contribution in [0.3, 0.4) is 0 Å². The normalized spacial score (nSPS) is 16.4. The summed E-state index contributed by atoms with van der Waals surface area (Å²) in [7, 11) is -3.54. The van der Waals surface area contributed by atoms with Crippen molar-refractivity contribution in [1.29, 1.82) is 0 Å². The van der Waals surface area contributed by atoms with E-state index >= 15 is 0 Å². The molecule has 1 saturated heterocycles. The Kier molecular flexibility index (Phi) is 6.95. The van der Waals surface area contributed by atoms with Gasteiger partial charge in [0, 0.05) is 19.0 Å². The van der Waals surface area contributed by atoms with Crippen LogP contribution in [0.4, 0.5) is 0 Å². The van der Waals surface area contributed by atoms with Crippen LogP contribution in [0, 0.1) is 12.8 Å². The third kappa shape index (κ3) is 5.17. The lowest BCUT2D eigenvalue weighted by Crippen LogP contribution is -2.43. The van der Waals surface area contributed by atoms with Crippen molar-refractivity contribution in [1.82, 2.24) is 19.6 Å². The molecule has 174 valence electrons. The number of nitrogens with zero attached hydrogens (tertiary/aromatic N) is 2. The fourth-order valence-corrected chi connectivity index (χ4v) is 5.62. The number of carbonyl (C=O) groups excluding carboxylic acids is 1. The number of aryl methyl sites for hydroxylation is 1. The molecule has 2 aromatic carbocycles. The molecule has 1 aliphatic rings. The summed E-state index contributed by atoms with van der Waals surface area (Å²) in [6, 6.07) is 16.6. The summed E-state index contributed by atoms with van der Waals surface area (Å²) in [6.07, 6.45) is 3.49. The molecule has 4 rings (SSSR count). The van der Waals surface area contributed by atoms with E-state index in [1.165, 1.54) is 4.31 Å². The number of benzene rings is 2. The molecule has 3 aromatic rings. The molecule has 0 saturated carbocycles. The lowest BCUT2D eigenvalue weighted by Gasteiger charge is -2.31. The monoisotopic (exact) mass is 466 g/mol. The van der Waals surface area contributed by atoms with Crippen molar-refractivity contribution < 1.29 is 13.2 Å². The van der Waals surface area contributed by atoms with E-state index in [4.69, 9.17) is 0 Å². The lowest BCUT2D eigenvalue weighted by atomic mass is 9.96. The summed E-state index contributed by atoms with van der Waals surface area (Å²) in [5, 5.41) is 3.11. The number of nitrogens with one attached hydrogen (secondary N) is 2. The molecule has 1 aromatic heterocycles. The number of aromatic nitrogens is 2. The Morgan fingerprint density at radius 2 is 1.79 bits per heavy atom. The number of sulfonamides is 1. The minimum atomic E-state index is -3.54. The van der Waals surface area contributed by atoms with Crippen LogP contribution in [-0.4, -0.2) is 41.7 Å². The van der Waals surface area contributed by atoms with E-state index in [2.05, 4.69) is 15.3 Å². The molecule has 7 nitrogen and oxygen atoms in total. The molecule has 1 fully saturated rings. The number of piperidine rings is 1. The third-order valence-electron chi connectivity index (χ3n) is 6.22. The van der Waals surface area contributed by atoms with Gasteiger partial charge in [-0.3, -0.25) is 4.79 Å². The second-order valence-electron chi connectivity index (χ2n) is 8.51. The van der Waals surface area contributed by atoms with Gasteiger partial charge in [-0.2, -0.15) is 4.31 Å². The van der Waals surface area contributed by atoms with E-state index in [1.807, 2.05) is 44.2 Å². The average molecular weight is 467 g/mol. The van der Waals surface area contributed by atoms with Crippen LogP contribution < -0.4 is 5.32 Å². The van der Waals surface area contributed by atoms with Gasteiger partial charge >= 0.3 is 0 Å². The van der Waals surface area contributed by atoms with Crippen molar-refractivity contribution in [3.63, 3.8) is 0 Å². The fourth-order valence-electron chi connectivity index (χ4n) is 4.15. The number of imidazole rings is 1. The molecule has 1 atom stereocenters. The Morgan fingerprint density at radius 3 is 2.42 bits per heavy atom. The maximum absolute atomic E-state index is 13.0. The summed E-state index contributed by atoms with van der Waals surface area (Å²) in [6.45, 7) is 4.61. The Bertz CT molecular complexity index is 1180. The summed E-state index contributed by atoms with van der Waals surface area (Å²) in [4.78, 5) is 21.1. The quantitative estimate of drug-likeness (QED) is 0.549. The highest BCUT2D eigenvalue weighted by Gasteiger charge is 2.33. The topological polar surface area (TPSA) is 95.2 Å². The Labute approximate surface area is 195 Å². The minimum Gasteiger partial charge on any atom is -0.346 e. The van der Waals surface area contributed by atoms with E-state index in [1.54, 1.807) is 30.5 Å². The molecule has 1 unspecified atom stereocenters. The third-order valence-corrected chi connectivity index (χ3v) is 8.13. The van der Waals surface area contributed by atoms with Gasteiger partial charge in [-0.15, -0.1) is 0 Å². The largest absolute Gasteiger partial charge is 0.346 e. The summed E-state index contributed by atoms with van der Waals surface area (Å²) < 4.78 is 27.3. The first-order valence-electron chi connectivity index (χ1n) is 11.4. The van der Waals surface area contributed by atoms with Crippen LogP contribution in [0.5, 0.6) is 0 Å². The standard InChI is InChI=1S/C25H30N4O3S/c1-3-22(24-26-17-23(27-24)19-7-5-4-6-8-19)28-25(30)20-13-15-29(16-14-20)33(31,32)21-11-9-18(2)10-12-21/h4-12,17,20,22H,3,13-16H2,1-2H3,(H,26,27)(H,28,30). The van der Waals surface area contributed by atoms with Crippen molar-refractivity contribution in [2.75, 3.05) is 13.1 Å². The van der Waals surface area contributed by atoms with Crippen molar-refractivity contribution in [3.8, 4) is 11.3 Å². The predicted molar refractivity (Wildman–Crippen MR) is 128 cm³/mol. The first kappa shape index (κ1) is 23.2. The summed E-state index contributed by atoms with van der Waals surface area (Å²) in [5.41, 5.74) is 2.97. The predicted octanol–water partition coefficient (Wildman–Crippen LogP) is 4.05. The van der Waals surface area contributed by atoms with Crippen molar-refractivity contribution in [2.45, 2.75) is 44.0 Å².